The summed E-state index contributed by atoms with van der Waals surface area (Å²) in [6.07, 6.45) is -4.26. The molecule has 1 amide bonds. The third-order valence-corrected chi connectivity index (χ3v) is 4.78. The maximum absolute atomic E-state index is 13.6. The molecule has 1 saturated carbocycles. The van der Waals surface area contributed by atoms with Crippen LogP contribution < -0.4 is 0 Å². The summed E-state index contributed by atoms with van der Waals surface area (Å²) < 4.78 is 40.8. The van der Waals surface area contributed by atoms with Crippen LogP contribution in [0.2, 0.25) is 0 Å². The molecule has 26 heavy (non-hydrogen) atoms. The van der Waals surface area contributed by atoms with E-state index < -0.39 is 24.2 Å². The fourth-order valence-electron chi connectivity index (χ4n) is 3.25. The molecule has 2 heterocycles. The number of carbonyl (C=O) groups excluding carboxylic acids is 1. The molecular formula is C18H16F3N3O2. The van der Waals surface area contributed by atoms with Gasteiger partial charge in [0.25, 0.3) is 11.6 Å². The first-order valence-corrected chi connectivity index (χ1v) is 8.28. The molecule has 0 saturated heterocycles. The third kappa shape index (κ3) is 2.56. The summed E-state index contributed by atoms with van der Waals surface area (Å²) in [5.74, 6) is -1.07. The second kappa shape index (κ2) is 5.51. The minimum Gasteiger partial charge on any atom is -0.362 e. The van der Waals surface area contributed by atoms with Crippen LogP contribution in [0.15, 0.2) is 35.4 Å². The van der Waals surface area contributed by atoms with Gasteiger partial charge >= 0.3 is 6.18 Å². The Labute approximate surface area is 147 Å². The molecule has 2 aromatic rings. The summed E-state index contributed by atoms with van der Waals surface area (Å²) >= 11 is 0. The van der Waals surface area contributed by atoms with E-state index in [2.05, 4.69) is 10.1 Å². The van der Waals surface area contributed by atoms with Crippen LogP contribution in [0.1, 0.15) is 35.3 Å². The molecule has 0 bridgehead atoms. The van der Waals surface area contributed by atoms with Crippen molar-refractivity contribution in [2.24, 2.45) is 11.0 Å². The highest BCUT2D eigenvalue weighted by molar-refractivity contribution is 6.07. The Kier molecular flexibility index (Phi) is 3.59. The molecule has 2 aliphatic rings. The number of aryl methyl sites for hydroxylation is 1. The van der Waals surface area contributed by atoms with Crippen molar-refractivity contribution in [3.8, 4) is 0 Å². The SMILES string of the molecule is Cc1cc(C(=O)N2N=C(C3CC3)C[C@@]2(O)C(F)(F)F)c2ccccc2n1. The van der Waals surface area contributed by atoms with Gasteiger partial charge in [-0.3, -0.25) is 9.78 Å². The number of hydrazone groups is 1. The van der Waals surface area contributed by atoms with Crippen LogP contribution in [0.4, 0.5) is 13.2 Å². The molecule has 1 N–H and O–H groups in total. The minimum absolute atomic E-state index is 0.0385. The molecule has 8 heteroatoms. The van der Waals surface area contributed by atoms with Gasteiger partial charge < -0.3 is 5.11 Å². The molecule has 136 valence electrons. The smallest absolute Gasteiger partial charge is 0.362 e. The van der Waals surface area contributed by atoms with Crippen LogP contribution in [-0.2, 0) is 0 Å². The number of halogens is 3. The van der Waals surface area contributed by atoms with Crippen LogP contribution >= 0.6 is 0 Å². The molecule has 1 aliphatic carbocycles. The Morgan fingerprint density at radius 3 is 2.65 bits per heavy atom. The first-order chi connectivity index (χ1) is 12.2. The zero-order chi connectivity index (χ0) is 18.7. The number of benzene rings is 1. The van der Waals surface area contributed by atoms with E-state index in [4.69, 9.17) is 0 Å². The summed E-state index contributed by atoms with van der Waals surface area (Å²) in [6.45, 7) is 1.65. The number of amides is 1. The summed E-state index contributed by atoms with van der Waals surface area (Å²) in [4.78, 5) is 17.3. The zero-order valence-corrected chi connectivity index (χ0v) is 13.9. The topological polar surface area (TPSA) is 65.8 Å². The van der Waals surface area contributed by atoms with E-state index in [1.165, 1.54) is 6.07 Å². The molecule has 0 radical (unpaired) electrons. The average Bonchev–Trinajstić information content (AvgIpc) is 3.35. The number of rotatable bonds is 2. The normalized spacial score (nSPS) is 23.4. The molecule has 1 atom stereocenters. The number of alkyl halides is 3. The number of nitrogens with zero attached hydrogens (tertiary/aromatic N) is 3. The van der Waals surface area contributed by atoms with Crippen molar-refractivity contribution in [1.29, 1.82) is 0 Å². The molecule has 5 nitrogen and oxygen atoms in total. The number of fused-ring (bicyclic) bond motifs is 1. The third-order valence-electron chi connectivity index (χ3n) is 4.78. The molecular weight excluding hydrogens is 347 g/mol. The Morgan fingerprint density at radius 2 is 2.00 bits per heavy atom. The Hall–Kier alpha value is -2.48. The van der Waals surface area contributed by atoms with Crippen molar-refractivity contribution in [2.45, 2.75) is 38.1 Å². The lowest BCUT2D eigenvalue weighted by molar-refractivity contribution is -0.297. The first kappa shape index (κ1) is 17.0. The van der Waals surface area contributed by atoms with E-state index in [9.17, 15) is 23.1 Å². The van der Waals surface area contributed by atoms with Crippen molar-refractivity contribution in [2.75, 3.05) is 0 Å². The first-order valence-electron chi connectivity index (χ1n) is 8.28. The monoisotopic (exact) mass is 363 g/mol. The summed E-state index contributed by atoms with van der Waals surface area (Å²) in [5, 5.41) is 14.9. The zero-order valence-electron chi connectivity index (χ0n) is 13.9. The Balaban J connectivity index is 1.84. The Bertz CT molecular complexity index is 937. The number of aromatic nitrogens is 1. The highest BCUT2D eigenvalue weighted by atomic mass is 19.4. The van der Waals surface area contributed by atoms with Crippen molar-refractivity contribution < 1.29 is 23.1 Å². The number of hydrogen-bond donors (Lipinski definition) is 1. The lowest BCUT2D eigenvalue weighted by Crippen LogP contribution is -2.56. The number of pyridine rings is 1. The van der Waals surface area contributed by atoms with Crippen molar-refractivity contribution in [3.63, 3.8) is 0 Å². The van der Waals surface area contributed by atoms with Crippen LogP contribution in [0.5, 0.6) is 0 Å². The molecule has 1 aromatic heterocycles. The predicted molar refractivity (Wildman–Crippen MR) is 88.4 cm³/mol. The second-order valence-electron chi connectivity index (χ2n) is 6.80. The molecule has 0 spiro atoms. The lowest BCUT2D eigenvalue weighted by atomic mass is 10.0. The summed E-state index contributed by atoms with van der Waals surface area (Å²) in [7, 11) is 0. The van der Waals surface area contributed by atoms with Crippen LogP contribution in [-0.4, -0.2) is 38.6 Å². The maximum atomic E-state index is 13.6. The van der Waals surface area contributed by atoms with Gasteiger partial charge in [-0.05, 0) is 37.8 Å². The van der Waals surface area contributed by atoms with Crippen molar-refractivity contribution >= 4 is 22.5 Å². The number of carbonyl (C=O) groups is 1. The molecule has 1 aromatic carbocycles. The molecule has 1 fully saturated rings. The van der Waals surface area contributed by atoms with Gasteiger partial charge in [0.15, 0.2) is 0 Å². The quantitative estimate of drug-likeness (QED) is 0.889. The van der Waals surface area contributed by atoms with Crippen molar-refractivity contribution in [3.05, 3.63) is 41.6 Å². The van der Waals surface area contributed by atoms with Gasteiger partial charge in [-0.25, -0.2) is 0 Å². The highest BCUT2D eigenvalue weighted by Gasteiger charge is 2.64. The predicted octanol–water partition coefficient (Wildman–Crippen LogP) is 3.41. The summed E-state index contributed by atoms with van der Waals surface area (Å²) in [6, 6.07) is 8.12. The van der Waals surface area contributed by atoms with Gasteiger partial charge in [-0.2, -0.15) is 23.3 Å². The van der Waals surface area contributed by atoms with E-state index in [0.717, 1.165) is 12.8 Å². The van der Waals surface area contributed by atoms with E-state index in [0.29, 0.717) is 16.6 Å². The highest BCUT2D eigenvalue weighted by Crippen LogP contribution is 2.45. The molecule has 4 rings (SSSR count). The Morgan fingerprint density at radius 1 is 1.31 bits per heavy atom. The van der Waals surface area contributed by atoms with Gasteiger partial charge in [0.2, 0.25) is 0 Å². The second-order valence-corrected chi connectivity index (χ2v) is 6.80. The average molecular weight is 363 g/mol. The fourth-order valence-corrected chi connectivity index (χ4v) is 3.25. The number of para-hydroxylation sites is 1. The summed E-state index contributed by atoms with van der Waals surface area (Å²) in [5.41, 5.74) is -2.06. The van der Waals surface area contributed by atoms with Gasteiger partial charge in [-0.15, -0.1) is 0 Å². The van der Waals surface area contributed by atoms with Gasteiger partial charge in [0.1, 0.15) is 0 Å². The van der Waals surface area contributed by atoms with Crippen LogP contribution in [0, 0.1) is 12.8 Å². The molecule has 1 aliphatic heterocycles. The standard InChI is InChI=1S/C18H16F3N3O2/c1-10-8-13(12-4-2-3-5-14(12)22-10)16(25)24-17(26,18(19,20)21)9-15(23-24)11-6-7-11/h2-5,8,11,26H,6-7,9H2,1H3/t17-/m1/s1. The fraction of sp³-hybridized carbons (Fsp3) is 0.389. The van der Waals surface area contributed by atoms with Gasteiger partial charge in [-0.1, -0.05) is 18.2 Å². The largest absolute Gasteiger partial charge is 0.438 e. The van der Waals surface area contributed by atoms with Gasteiger partial charge in [0.05, 0.1) is 11.1 Å². The van der Waals surface area contributed by atoms with Crippen molar-refractivity contribution in [1.82, 2.24) is 9.99 Å². The van der Waals surface area contributed by atoms with Crippen LogP contribution in [0.25, 0.3) is 10.9 Å². The minimum atomic E-state index is -5.01. The number of hydrogen-bond acceptors (Lipinski definition) is 4. The van der Waals surface area contributed by atoms with E-state index in [1.54, 1.807) is 31.2 Å². The maximum Gasteiger partial charge on any atom is 0.438 e. The van der Waals surface area contributed by atoms with E-state index in [-0.39, 0.29) is 22.2 Å². The van der Waals surface area contributed by atoms with Crippen LogP contribution in [0.3, 0.4) is 0 Å². The number of aliphatic hydroxyl groups is 1. The lowest BCUT2D eigenvalue weighted by Gasteiger charge is -2.32. The molecule has 0 unspecified atom stereocenters. The van der Waals surface area contributed by atoms with E-state index >= 15 is 0 Å². The van der Waals surface area contributed by atoms with E-state index in [1.807, 2.05) is 0 Å². The van der Waals surface area contributed by atoms with Gasteiger partial charge in [0, 0.05) is 23.2 Å².